The lowest BCUT2D eigenvalue weighted by Gasteiger charge is -2.32. The summed E-state index contributed by atoms with van der Waals surface area (Å²) in [4.78, 5) is 2.13. The van der Waals surface area contributed by atoms with Gasteiger partial charge in [0.05, 0.1) is 11.5 Å². The second-order valence-corrected chi connectivity index (χ2v) is 6.76. The number of hydrogen-bond donors (Lipinski definition) is 1. The fourth-order valence-corrected chi connectivity index (χ4v) is 3.34. The predicted octanol–water partition coefficient (Wildman–Crippen LogP) is 1.18. The molecule has 0 saturated carbocycles. The monoisotopic (exact) mass is 255 g/mol. The smallest absolute Gasteiger partial charge is 0.152 e. The number of phenolic OH excluding ortho intramolecular Hbond substituents is 1. The predicted molar refractivity (Wildman–Crippen MR) is 66.7 cm³/mol. The van der Waals surface area contributed by atoms with E-state index in [1.54, 1.807) is 12.1 Å². The molecule has 0 radical (unpaired) electrons. The molecule has 0 aromatic heterocycles. The van der Waals surface area contributed by atoms with Gasteiger partial charge in [0.1, 0.15) is 5.75 Å². The van der Waals surface area contributed by atoms with Gasteiger partial charge in [0.15, 0.2) is 9.84 Å². The van der Waals surface area contributed by atoms with Gasteiger partial charge in [0.2, 0.25) is 0 Å². The summed E-state index contributed by atoms with van der Waals surface area (Å²) >= 11 is 0. The lowest BCUT2D eigenvalue weighted by Crippen LogP contribution is -2.41. The Balaban J connectivity index is 2.09. The Labute approximate surface area is 102 Å². The minimum Gasteiger partial charge on any atom is -0.508 e. The van der Waals surface area contributed by atoms with Crippen molar-refractivity contribution in [1.82, 2.24) is 4.90 Å². The molecule has 0 bridgehead atoms. The van der Waals surface area contributed by atoms with Gasteiger partial charge in [-0.15, -0.1) is 0 Å². The molecule has 1 aromatic rings. The maximum absolute atomic E-state index is 11.3. The van der Waals surface area contributed by atoms with E-state index in [0.29, 0.717) is 13.1 Å². The second-order valence-electron chi connectivity index (χ2n) is 4.46. The zero-order valence-corrected chi connectivity index (χ0v) is 10.7. The highest BCUT2D eigenvalue weighted by Gasteiger charge is 2.25. The van der Waals surface area contributed by atoms with Gasteiger partial charge in [-0.2, -0.15) is 0 Å². The van der Waals surface area contributed by atoms with E-state index < -0.39 is 9.84 Å². The van der Waals surface area contributed by atoms with Crippen LogP contribution in [0.3, 0.4) is 0 Å². The minimum atomic E-state index is -2.83. The highest BCUT2D eigenvalue weighted by Crippen LogP contribution is 2.24. The standard InChI is InChI=1S/C12H17NO3S/c1-10(11-3-2-4-12(14)9-11)13-5-7-17(15,16)8-6-13/h2-4,9-10,14H,5-8H2,1H3. The van der Waals surface area contributed by atoms with Crippen LogP contribution in [0, 0.1) is 0 Å². The maximum atomic E-state index is 11.3. The molecule has 1 N–H and O–H groups in total. The summed E-state index contributed by atoms with van der Waals surface area (Å²) < 4.78 is 22.7. The van der Waals surface area contributed by atoms with Crippen LogP contribution < -0.4 is 0 Å². The quantitative estimate of drug-likeness (QED) is 0.862. The lowest BCUT2D eigenvalue weighted by molar-refractivity contribution is 0.228. The number of nitrogens with zero attached hydrogens (tertiary/aromatic N) is 1. The molecule has 0 spiro atoms. The minimum absolute atomic E-state index is 0.137. The van der Waals surface area contributed by atoms with Crippen molar-refractivity contribution in [3.8, 4) is 5.75 Å². The van der Waals surface area contributed by atoms with Crippen molar-refractivity contribution >= 4 is 9.84 Å². The van der Waals surface area contributed by atoms with Crippen LogP contribution in [0.5, 0.6) is 5.75 Å². The SMILES string of the molecule is CC(c1cccc(O)c1)N1CCS(=O)(=O)CC1. The van der Waals surface area contributed by atoms with Gasteiger partial charge in [0.25, 0.3) is 0 Å². The van der Waals surface area contributed by atoms with E-state index in [9.17, 15) is 13.5 Å². The van der Waals surface area contributed by atoms with Crippen LogP contribution in [-0.4, -0.2) is 43.0 Å². The van der Waals surface area contributed by atoms with E-state index in [2.05, 4.69) is 4.90 Å². The van der Waals surface area contributed by atoms with Crippen molar-refractivity contribution < 1.29 is 13.5 Å². The third-order valence-electron chi connectivity index (χ3n) is 3.28. The molecule has 1 saturated heterocycles. The molecule has 1 aliphatic heterocycles. The van der Waals surface area contributed by atoms with Crippen LogP contribution in [0.2, 0.25) is 0 Å². The van der Waals surface area contributed by atoms with Crippen LogP contribution in [0.4, 0.5) is 0 Å². The highest BCUT2D eigenvalue weighted by atomic mass is 32.2. The molecule has 1 aliphatic rings. The summed E-state index contributed by atoms with van der Waals surface area (Å²) in [5, 5.41) is 9.43. The fraction of sp³-hybridized carbons (Fsp3) is 0.500. The van der Waals surface area contributed by atoms with E-state index in [0.717, 1.165) is 5.56 Å². The number of hydrogen-bond acceptors (Lipinski definition) is 4. The Kier molecular flexibility index (Phi) is 3.40. The summed E-state index contributed by atoms with van der Waals surface area (Å²) in [6.07, 6.45) is 0. The molecule has 0 amide bonds. The summed E-state index contributed by atoms with van der Waals surface area (Å²) in [7, 11) is -2.83. The summed E-state index contributed by atoms with van der Waals surface area (Å²) in [6, 6.07) is 7.26. The first-order valence-corrected chi connectivity index (χ1v) is 7.53. The number of benzene rings is 1. The first-order chi connectivity index (χ1) is 7.98. The van der Waals surface area contributed by atoms with Gasteiger partial charge >= 0.3 is 0 Å². The Morgan fingerprint density at radius 2 is 1.94 bits per heavy atom. The van der Waals surface area contributed by atoms with Crippen molar-refractivity contribution in [2.45, 2.75) is 13.0 Å². The molecule has 1 aromatic carbocycles. The maximum Gasteiger partial charge on any atom is 0.152 e. The van der Waals surface area contributed by atoms with Gasteiger partial charge in [-0.1, -0.05) is 12.1 Å². The van der Waals surface area contributed by atoms with Crippen LogP contribution >= 0.6 is 0 Å². The van der Waals surface area contributed by atoms with Crippen LogP contribution in [0.1, 0.15) is 18.5 Å². The van der Waals surface area contributed by atoms with Gasteiger partial charge in [-0.3, -0.25) is 4.90 Å². The van der Waals surface area contributed by atoms with Crippen molar-refractivity contribution in [2.75, 3.05) is 24.6 Å². The Morgan fingerprint density at radius 1 is 1.29 bits per heavy atom. The van der Waals surface area contributed by atoms with Crippen LogP contribution in [-0.2, 0) is 9.84 Å². The zero-order valence-electron chi connectivity index (χ0n) is 9.83. The van der Waals surface area contributed by atoms with Gasteiger partial charge < -0.3 is 5.11 Å². The summed E-state index contributed by atoms with van der Waals surface area (Å²) in [5.41, 5.74) is 1.02. The highest BCUT2D eigenvalue weighted by molar-refractivity contribution is 7.91. The fourth-order valence-electron chi connectivity index (χ4n) is 2.11. The van der Waals surface area contributed by atoms with E-state index in [1.165, 1.54) is 0 Å². The average Bonchev–Trinajstić information content (AvgIpc) is 2.28. The van der Waals surface area contributed by atoms with E-state index in [4.69, 9.17) is 0 Å². The molecular formula is C12H17NO3S. The lowest BCUT2D eigenvalue weighted by atomic mass is 10.1. The first kappa shape index (κ1) is 12.4. The molecule has 1 unspecified atom stereocenters. The van der Waals surface area contributed by atoms with Gasteiger partial charge in [-0.25, -0.2) is 8.42 Å². The Hall–Kier alpha value is -1.07. The third kappa shape index (κ3) is 2.98. The Morgan fingerprint density at radius 3 is 2.53 bits per heavy atom. The molecule has 1 atom stereocenters. The molecule has 1 heterocycles. The molecule has 94 valence electrons. The largest absolute Gasteiger partial charge is 0.508 e. The number of sulfone groups is 1. The third-order valence-corrected chi connectivity index (χ3v) is 4.89. The molecule has 5 heteroatoms. The molecular weight excluding hydrogens is 238 g/mol. The van der Waals surface area contributed by atoms with Crippen molar-refractivity contribution in [1.29, 1.82) is 0 Å². The normalized spacial score (nSPS) is 22.2. The zero-order chi connectivity index (χ0) is 12.5. The molecule has 0 aliphatic carbocycles. The molecule has 17 heavy (non-hydrogen) atoms. The first-order valence-electron chi connectivity index (χ1n) is 5.71. The van der Waals surface area contributed by atoms with Crippen molar-refractivity contribution in [3.05, 3.63) is 29.8 Å². The Bertz CT molecular complexity index is 484. The molecule has 1 fully saturated rings. The number of phenols is 1. The van der Waals surface area contributed by atoms with E-state index >= 15 is 0 Å². The van der Waals surface area contributed by atoms with E-state index in [1.807, 2.05) is 19.1 Å². The number of rotatable bonds is 2. The van der Waals surface area contributed by atoms with Gasteiger partial charge in [0, 0.05) is 19.1 Å². The van der Waals surface area contributed by atoms with E-state index in [-0.39, 0.29) is 23.3 Å². The molecule has 2 rings (SSSR count). The van der Waals surface area contributed by atoms with Crippen LogP contribution in [0.25, 0.3) is 0 Å². The van der Waals surface area contributed by atoms with Crippen LogP contribution in [0.15, 0.2) is 24.3 Å². The van der Waals surface area contributed by atoms with Crippen molar-refractivity contribution in [2.24, 2.45) is 0 Å². The second kappa shape index (κ2) is 4.66. The number of aromatic hydroxyl groups is 1. The van der Waals surface area contributed by atoms with Crippen molar-refractivity contribution in [3.63, 3.8) is 0 Å². The summed E-state index contributed by atoms with van der Waals surface area (Å²) in [6.45, 7) is 3.17. The molecule has 4 nitrogen and oxygen atoms in total. The van der Waals surface area contributed by atoms with Gasteiger partial charge in [-0.05, 0) is 24.6 Å². The summed E-state index contributed by atoms with van der Waals surface area (Å²) in [5.74, 6) is 0.714. The average molecular weight is 255 g/mol. The topological polar surface area (TPSA) is 57.6 Å².